The maximum absolute atomic E-state index is 11.8. The van der Waals surface area contributed by atoms with E-state index >= 15 is 0 Å². The Morgan fingerprint density at radius 2 is 1.83 bits per heavy atom. The first-order valence-electron chi connectivity index (χ1n) is 6.45. The van der Waals surface area contributed by atoms with Crippen molar-refractivity contribution in [3.8, 4) is 0 Å². The molecule has 0 fully saturated rings. The number of nitrogens with two attached hydrogens (primary N) is 1. The van der Waals surface area contributed by atoms with Gasteiger partial charge in [0, 0.05) is 6.20 Å². The molecule has 0 spiro atoms. The molecule has 2 aromatic rings. The Labute approximate surface area is 136 Å². The molecule has 0 bridgehead atoms. The molecule has 3 N–H and O–H groups in total. The smallest absolute Gasteiger partial charge is 0.341 e. The van der Waals surface area contributed by atoms with Gasteiger partial charge in [0.2, 0.25) is 0 Å². The topological polar surface area (TPSA) is 111 Å². The standard InChI is InChI=1S/C15H12ClN3O4/c16-13-10(5-3-7-18-13)15(22)23-8-12(20)19-11-6-2-1-4-9(11)14(17)21/h1-7H,8H2,(H2,17,21)(H,19,20). The number of anilines is 1. The number of primary amides is 1. The number of carbonyl (C=O) groups is 3. The largest absolute Gasteiger partial charge is 0.452 e. The first-order chi connectivity index (χ1) is 11.0. The highest BCUT2D eigenvalue weighted by molar-refractivity contribution is 6.32. The average molecular weight is 334 g/mol. The van der Waals surface area contributed by atoms with E-state index in [-0.39, 0.29) is 22.0 Å². The van der Waals surface area contributed by atoms with E-state index in [1.165, 1.54) is 30.5 Å². The van der Waals surface area contributed by atoms with Gasteiger partial charge in [-0.2, -0.15) is 0 Å². The molecule has 23 heavy (non-hydrogen) atoms. The number of pyridine rings is 1. The highest BCUT2D eigenvalue weighted by atomic mass is 35.5. The molecule has 7 nitrogen and oxygen atoms in total. The Bertz CT molecular complexity index is 764. The van der Waals surface area contributed by atoms with Crippen LogP contribution in [0.4, 0.5) is 5.69 Å². The fourth-order valence-electron chi connectivity index (χ4n) is 1.74. The molecule has 0 aliphatic rings. The highest BCUT2D eigenvalue weighted by Crippen LogP contribution is 2.15. The number of esters is 1. The van der Waals surface area contributed by atoms with E-state index in [0.29, 0.717) is 0 Å². The van der Waals surface area contributed by atoms with Crippen LogP contribution in [0.5, 0.6) is 0 Å². The number of para-hydroxylation sites is 1. The summed E-state index contributed by atoms with van der Waals surface area (Å²) in [5.74, 6) is -2.08. The lowest BCUT2D eigenvalue weighted by atomic mass is 10.1. The monoisotopic (exact) mass is 333 g/mol. The Hall–Kier alpha value is -2.93. The number of ether oxygens (including phenoxy) is 1. The molecular weight excluding hydrogens is 322 g/mol. The van der Waals surface area contributed by atoms with Crippen molar-refractivity contribution in [1.29, 1.82) is 0 Å². The van der Waals surface area contributed by atoms with Crippen molar-refractivity contribution in [2.24, 2.45) is 5.73 Å². The molecular formula is C15H12ClN3O4. The molecule has 1 heterocycles. The summed E-state index contributed by atoms with van der Waals surface area (Å²) in [6.07, 6.45) is 1.42. The molecule has 2 rings (SSSR count). The SMILES string of the molecule is NC(=O)c1ccccc1NC(=O)COC(=O)c1cccnc1Cl. The zero-order valence-electron chi connectivity index (χ0n) is 11.8. The normalized spacial score (nSPS) is 9.96. The van der Waals surface area contributed by atoms with Crippen molar-refractivity contribution >= 4 is 35.1 Å². The fourth-order valence-corrected chi connectivity index (χ4v) is 1.94. The number of hydrogen-bond donors (Lipinski definition) is 2. The van der Waals surface area contributed by atoms with Crippen LogP contribution in [-0.2, 0) is 9.53 Å². The van der Waals surface area contributed by atoms with Gasteiger partial charge < -0.3 is 15.8 Å². The van der Waals surface area contributed by atoms with E-state index in [1.807, 2.05) is 0 Å². The number of benzene rings is 1. The van der Waals surface area contributed by atoms with Gasteiger partial charge in [-0.1, -0.05) is 23.7 Å². The molecule has 0 saturated carbocycles. The summed E-state index contributed by atoms with van der Waals surface area (Å²) < 4.78 is 4.85. The van der Waals surface area contributed by atoms with Gasteiger partial charge in [0.25, 0.3) is 11.8 Å². The number of aromatic nitrogens is 1. The first-order valence-corrected chi connectivity index (χ1v) is 6.83. The highest BCUT2D eigenvalue weighted by Gasteiger charge is 2.15. The number of halogens is 1. The zero-order valence-corrected chi connectivity index (χ0v) is 12.5. The second-order valence-corrected chi connectivity index (χ2v) is 4.73. The maximum Gasteiger partial charge on any atom is 0.341 e. The molecule has 0 aliphatic carbocycles. The number of amides is 2. The summed E-state index contributed by atoms with van der Waals surface area (Å²) in [7, 11) is 0. The Morgan fingerprint density at radius 3 is 2.52 bits per heavy atom. The summed E-state index contributed by atoms with van der Waals surface area (Å²) in [4.78, 5) is 38.6. The third-order valence-electron chi connectivity index (χ3n) is 2.78. The van der Waals surface area contributed by atoms with E-state index in [9.17, 15) is 14.4 Å². The van der Waals surface area contributed by atoms with Crippen LogP contribution >= 0.6 is 11.6 Å². The number of hydrogen-bond acceptors (Lipinski definition) is 5. The van der Waals surface area contributed by atoms with Gasteiger partial charge in [0.05, 0.1) is 16.8 Å². The lowest BCUT2D eigenvalue weighted by Crippen LogP contribution is -2.23. The summed E-state index contributed by atoms with van der Waals surface area (Å²) in [6, 6.07) is 9.17. The van der Waals surface area contributed by atoms with Crippen molar-refractivity contribution in [3.63, 3.8) is 0 Å². The Morgan fingerprint density at radius 1 is 1.13 bits per heavy atom. The predicted molar refractivity (Wildman–Crippen MR) is 83.1 cm³/mol. The number of rotatable bonds is 5. The zero-order chi connectivity index (χ0) is 16.8. The van der Waals surface area contributed by atoms with E-state index in [4.69, 9.17) is 22.1 Å². The van der Waals surface area contributed by atoms with Crippen LogP contribution in [0.25, 0.3) is 0 Å². The lowest BCUT2D eigenvalue weighted by Gasteiger charge is -2.09. The molecule has 8 heteroatoms. The van der Waals surface area contributed by atoms with Crippen LogP contribution in [0, 0.1) is 0 Å². The number of carbonyl (C=O) groups excluding carboxylic acids is 3. The second kappa shape index (κ2) is 7.37. The lowest BCUT2D eigenvalue weighted by molar-refractivity contribution is -0.119. The van der Waals surface area contributed by atoms with Gasteiger partial charge in [0.15, 0.2) is 6.61 Å². The quantitative estimate of drug-likeness (QED) is 0.638. The maximum atomic E-state index is 11.8. The summed E-state index contributed by atoms with van der Waals surface area (Å²) in [6.45, 7) is -0.544. The minimum absolute atomic E-state index is 0.0167. The third kappa shape index (κ3) is 4.27. The van der Waals surface area contributed by atoms with Crippen LogP contribution in [-0.4, -0.2) is 29.4 Å². The van der Waals surface area contributed by atoms with Crippen molar-refractivity contribution < 1.29 is 19.1 Å². The third-order valence-corrected chi connectivity index (χ3v) is 3.08. The van der Waals surface area contributed by atoms with Gasteiger partial charge >= 0.3 is 5.97 Å². The summed E-state index contributed by atoms with van der Waals surface area (Å²) >= 11 is 5.76. The van der Waals surface area contributed by atoms with Crippen LogP contribution in [0.1, 0.15) is 20.7 Å². The second-order valence-electron chi connectivity index (χ2n) is 4.38. The predicted octanol–water partition coefficient (Wildman–Crippen LogP) is 1.63. The molecule has 0 aliphatic heterocycles. The van der Waals surface area contributed by atoms with Crippen molar-refractivity contribution in [2.75, 3.05) is 11.9 Å². The van der Waals surface area contributed by atoms with E-state index in [1.54, 1.807) is 12.1 Å². The number of nitrogens with one attached hydrogen (secondary N) is 1. The molecule has 0 unspecified atom stereocenters. The van der Waals surface area contributed by atoms with Crippen molar-refractivity contribution in [1.82, 2.24) is 4.98 Å². The van der Waals surface area contributed by atoms with Crippen LogP contribution in [0.3, 0.4) is 0 Å². The molecule has 1 aromatic carbocycles. The number of nitrogens with zero attached hydrogens (tertiary/aromatic N) is 1. The van der Waals surface area contributed by atoms with E-state index in [0.717, 1.165) is 0 Å². The molecule has 0 atom stereocenters. The van der Waals surface area contributed by atoms with Gasteiger partial charge in [0.1, 0.15) is 5.15 Å². The molecule has 0 radical (unpaired) electrons. The minimum atomic E-state index is -0.776. The molecule has 0 saturated heterocycles. The summed E-state index contributed by atoms with van der Waals surface area (Å²) in [5.41, 5.74) is 5.65. The molecule has 118 valence electrons. The van der Waals surface area contributed by atoms with E-state index < -0.39 is 24.4 Å². The Kier molecular flexibility index (Phi) is 5.27. The Balaban J connectivity index is 1.97. The van der Waals surface area contributed by atoms with Crippen molar-refractivity contribution in [3.05, 3.63) is 58.9 Å². The minimum Gasteiger partial charge on any atom is -0.452 e. The van der Waals surface area contributed by atoms with Crippen LogP contribution in [0.2, 0.25) is 5.15 Å². The van der Waals surface area contributed by atoms with Crippen LogP contribution in [0.15, 0.2) is 42.6 Å². The summed E-state index contributed by atoms with van der Waals surface area (Å²) in [5, 5.41) is 2.43. The fraction of sp³-hybridized carbons (Fsp3) is 0.0667. The van der Waals surface area contributed by atoms with Gasteiger partial charge in [-0.25, -0.2) is 9.78 Å². The first kappa shape index (κ1) is 16.4. The average Bonchev–Trinajstić information content (AvgIpc) is 2.53. The van der Waals surface area contributed by atoms with E-state index in [2.05, 4.69) is 10.3 Å². The van der Waals surface area contributed by atoms with Crippen LogP contribution < -0.4 is 11.1 Å². The molecule has 1 aromatic heterocycles. The van der Waals surface area contributed by atoms with Gasteiger partial charge in [-0.3, -0.25) is 9.59 Å². The van der Waals surface area contributed by atoms with Crippen molar-refractivity contribution in [2.45, 2.75) is 0 Å². The molecule has 2 amide bonds. The van der Waals surface area contributed by atoms with Gasteiger partial charge in [-0.05, 0) is 24.3 Å². The van der Waals surface area contributed by atoms with Gasteiger partial charge in [-0.15, -0.1) is 0 Å².